The van der Waals surface area contributed by atoms with E-state index in [-0.39, 0.29) is 69.3 Å². The van der Waals surface area contributed by atoms with Gasteiger partial charge in [0.1, 0.15) is 0 Å². The third-order valence-corrected chi connectivity index (χ3v) is 29.0. The van der Waals surface area contributed by atoms with E-state index in [1.54, 1.807) is 0 Å². The molecule has 0 spiro atoms. The molecule has 3 fully saturated rings. The topological polar surface area (TPSA) is 180 Å². The Labute approximate surface area is 646 Å². The van der Waals surface area contributed by atoms with E-state index in [1.165, 1.54) is 55.7 Å². The van der Waals surface area contributed by atoms with Crippen molar-refractivity contribution in [3.63, 3.8) is 0 Å². The van der Waals surface area contributed by atoms with E-state index in [1.807, 2.05) is 78.9 Å². The van der Waals surface area contributed by atoms with Crippen molar-refractivity contribution in [2.75, 3.05) is 14.2 Å². The molecular formula is C90H125Cl3O11Si. The lowest BCUT2D eigenvalue weighted by Crippen LogP contribution is -2.41. The van der Waals surface area contributed by atoms with Crippen molar-refractivity contribution in [2.24, 2.45) is 23.7 Å². The lowest BCUT2D eigenvalue weighted by atomic mass is 9.80. The molecule has 0 saturated heterocycles. The molecule has 15 atom stereocenters. The van der Waals surface area contributed by atoms with Crippen LogP contribution in [-0.2, 0) is 66.8 Å². The molecule has 11 nitrogen and oxygen atoms in total. The zero-order valence-electron chi connectivity index (χ0n) is 64.8. The molecule has 0 heterocycles. The fourth-order valence-corrected chi connectivity index (χ4v) is 18.7. The summed E-state index contributed by atoms with van der Waals surface area (Å²) in [7, 11) is 0.966. The number of ether oxygens (including phenoxy) is 2. The number of carbonyl (C=O) groups is 3. The summed E-state index contributed by atoms with van der Waals surface area (Å²) in [5.41, 5.74) is 13.5. The molecular weight excluding hydrogens is 1390 g/mol. The van der Waals surface area contributed by atoms with E-state index >= 15 is 0 Å². The van der Waals surface area contributed by atoms with Crippen molar-refractivity contribution >= 4 is 61.0 Å². The number of benzene rings is 6. The maximum atomic E-state index is 11.6. The second-order valence-electron chi connectivity index (χ2n) is 31.9. The summed E-state index contributed by atoms with van der Waals surface area (Å²) in [4.78, 5) is 34.0. The van der Waals surface area contributed by atoms with Gasteiger partial charge < -0.3 is 39.4 Å². The van der Waals surface area contributed by atoms with Crippen molar-refractivity contribution in [3.8, 4) is 0 Å². The van der Waals surface area contributed by atoms with Gasteiger partial charge in [0.2, 0.25) is 0 Å². The van der Waals surface area contributed by atoms with Gasteiger partial charge in [-0.3, -0.25) is 14.4 Å². The summed E-state index contributed by atoms with van der Waals surface area (Å²) in [6, 6.07) is 50.4. The first-order valence-electron chi connectivity index (χ1n) is 39.4. The van der Waals surface area contributed by atoms with Crippen LogP contribution in [0.25, 0.3) is 0 Å². The smallest absolute Gasteiger partial charge is 0.305 e. The van der Waals surface area contributed by atoms with Crippen LogP contribution in [0.15, 0.2) is 146 Å². The first kappa shape index (κ1) is 86.8. The van der Waals surface area contributed by atoms with Crippen molar-refractivity contribution in [1.29, 1.82) is 0 Å². The quantitative estimate of drug-likeness (QED) is 0.0111. The van der Waals surface area contributed by atoms with Crippen LogP contribution < -0.4 is 0 Å². The number of aliphatic hydroxyl groups is 4. The molecule has 9 rings (SSSR count). The number of aliphatic carboxylic acids is 1. The van der Waals surface area contributed by atoms with Gasteiger partial charge in [-0.25, -0.2) is 0 Å². The zero-order chi connectivity index (χ0) is 76.4. The number of methoxy groups -OCH3 is 2. The summed E-state index contributed by atoms with van der Waals surface area (Å²) in [6.45, 7) is 20.6. The van der Waals surface area contributed by atoms with E-state index in [9.17, 15) is 34.8 Å². The molecule has 3 aliphatic rings. The Morgan fingerprint density at radius 1 is 0.476 bits per heavy atom. The highest BCUT2D eigenvalue weighted by Gasteiger charge is 2.45. The SMILES string of the molecule is CCCCCC(O)c1ccc([C@@H]2[C@@H](Cc3cccc(CCC(=O)O)c3)[C@H](Cl)C[C@H]2O)cc1.CCCCCC(O)c1ccc([C@@H]2[C@@H](Cc3cccc(CCC(=O)OC)c3)[C@H](Cl)C[C@H]2O)cc1.CCCCCC(O[Si](C)(C)C(C)(C)C)c1ccc([C@@H]2[C@@H](Cc3cccc(CCC(=O)OC)c3)[C@H](Cl)C[C@H]2C)cc1. The highest BCUT2D eigenvalue weighted by atomic mass is 35.5. The molecule has 6 aromatic rings. The number of carboxylic acid groups (broad SMARTS) is 1. The number of esters is 2. The standard InChI is InChI=1S/C35H53ClO3Si.C28H37ClO4.C27H35ClO4/c1-9-10-11-15-32(39-40(7,8)35(3,4)5)28-17-19-29(20-18-28)34-25(2)22-31(36)30(34)24-27-14-12-13-26(23-27)16-21-33(37)38-6;1-3-4-5-9-25(30)21-11-13-22(14-12-21)28-23(24(29)18-26(28)31)17-20-8-6-7-19(16-20)10-15-27(32)33-2;1-2-3-4-8-24(29)20-10-12-21(13-11-20)27-22(23(28)17-25(27)30)16-19-7-5-6-18(15-19)9-14-26(31)32/h12-14,17-20,23,25,30-32,34H,9-11,15-16,21-22,24H2,1-8H3;6-8,11-14,16,23-26,28,30-31H,3-5,9-10,15,17-18H2,1-2H3;5-7,10-13,15,22-25,27,29-30H,2-4,8-9,14,16-17H2,1H3,(H,31,32)/t25-,30+,31-,32?,34-;23-,24+,25?,26+,28+;22-,23+,24?,25+,27+/m100/s1. The lowest BCUT2D eigenvalue weighted by Gasteiger charge is -2.39. The van der Waals surface area contributed by atoms with Crippen LogP contribution in [0.3, 0.4) is 0 Å². The molecule has 5 N–H and O–H groups in total. The minimum Gasteiger partial charge on any atom is -0.481 e. The van der Waals surface area contributed by atoms with Crippen molar-refractivity contribution in [3.05, 3.63) is 212 Å². The van der Waals surface area contributed by atoms with Gasteiger partial charge in [-0.2, -0.15) is 0 Å². The molecule has 0 amide bonds. The number of rotatable bonds is 35. The Kier molecular flexibility index (Phi) is 35.7. The van der Waals surface area contributed by atoms with Gasteiger partial charge in [0.25, 0.3) is 0 Å². The predicted molar refractivity (Wildman–Crippen MR) is 432 cm³/mol. The number of halogens is 3. The van der Waals surface area contributed by atoms with Crippen LogP contribution in [0.4, 0.5) is 0 Å². The van der Waals surface area contributed by atoms with Crippen LogP contribution in [0.1, 0.15) is 267 Å². The van der Waals surface area contributed by atoms with Gasteiger partial charge in [0.05, 0.1) is 44.7 Å². The molecule has 3 aliphatic carbocycles. The van der Waals surface area contributed by atoms with Gasteiger partial charge in [0, 0.05) is 47.2 Å². The summed E-state index contributed by atoms with van der Waals surface area (Å²) in [6.07, 6.45) is 18.5. The van der Waals surface area contributed by atoms with Gasteiger partial charge >= 0.3 is 17.9 Å². The normalized spacial score (nSPS) is 23.1. The van der Waals surface area contributed by atoms with E-state index in [2.05, 4.69) is 128 Å². The van der Waals surface area contributed by atoms with E-state index in [0.717, 1.165) is 128 Å². The number of aryl methyl sites for hydroxylation is 3. The maximum Gasteiger partial charge on any atom is 0.305 e. The maximum absolute atomic E-state index is 11.6. The predicted octanol–water partition coefficient (Wildman–Crippen LogP) is 21.4. The number of unbranched alkanes of at least 4 members (excludes halogenated alkanes) is 6. The summed E-state index contributed by atoms with van der Waals surface area (Å²) in [5, 5.41) is 51.6. The molecule has 3 unspecified atom stereocenters. The largest absolute Gasteiger partial charge is 0.481 e. The number of hydrogen-bond acceptors (Lipinski definition) is 10. The first-order chi connectivity index (χ1) is 50.2. The van der Waals surface area contributed by atoms with E-state index in [4.69, 9.17) is 53.8 Å². The first-order valence-corrected chi connectivity index (χ1v) is 43.6. The molecule has 576 valence electrons. The van der Waals surface area contributed by atoms with Crippen LogP contribution in [0.5, 0.6) is 0 Å². The van der Waals surface area contributed by atoms with Crippen LogP contribution in [0, 0.1) is 23.7 Å². The van der Waals surface area contributed by atoms with Crippen LogP contribution in [0.2, 0.25) is 18.1 Å². The van der Waals surface area contributed by atoms with Gasteiger partial charge in [-0.15, -0.1) is 34.8 Å². The summed E-state index contributed by atoms with van der Waals surface area (Å²) in [5.74, 6) is 0.250. The fourth-order valence-electron chi connectivity index (χ4n) is 16.0. The minimum atomic E-state index is -1.89. The Morgan fingerprint density at radius 2 is 0.810 bits per heavy atom. The number of aliphatic hydroxyl groups excluding tert-OH is 4. The summed E-state index contributed by atoms with van der Waals surface area (Å²) < 4.78 is 16.5. The Hall–Kier alpha value is -5.38. The second kappa shape index (κ2) is 43.1. The monoisotopic (exact) mass is 1510 g/mol. The average Bonchev–Trinajstić information content (AvgIpc) is 1.48. The van der Waals surface area contributed by atoms with Gasteiger partial charge in [0.15, 0.2) is 8.32 Å². The Bertz CT molecular complexity index is 3560. The Balaban J connectivity index is 0.000000222. The van der Waals surface area contributed by atoms with E-state index in [0.29, 0.717) is 62.7 Å². The Morgan fingerprint density at radius 3 is 1.17 bits per heavy atom. The number of alkyl halides is 3. The summed E-state index contributed by atoms with van der Waals surface area (Å²) >= 11 is 20.4. The highest BCUT2D eigenvalue weighted by Crippen LogP contribution is 2.50. The van der Waals surface area contributed by atoms with Crippen LogP contribution >= 0.6 is 34.8 Å². The molecule has 3 saturated carbocycles. The minimum absolute atomic E-state index is 0.0440. The molecule has 0 aromatic heterocycles. The van der Waals surface area contributed by atoms with Crippen molar-refractivity contribution in [2.45, 2.75) is 285 Å². The molecule has 0 aliphatic heterocycles. The molecule has 0 bridgehead atoms. The number of hydrogen-bond donors (Lipinski definition) is 5. The zero-order valence-corrected chi connectivity index (χ0v) is 68.1. The van der Waals surface area contributed by atoms with Crippen molar-refractivity contribution in [1.82, 2.24) is 0 Å². The third kappa shape index (κ3) is 26.4. The van der Waals surface area contributed by atoms with E-state index < -0.39 is 38.7 Å². The fraction of sp³-hybridized carbons (Fsp3) is 0.567. The average molecular weight is 1520 g/mol. The van der Waals surface area contributed by atoms with Gasteiger partial charge in [-0.05, 0) is 192 Å². The molecule has 0 radical (unpaired) electrons. The highest BCUT2D eigenvalue weighted by molar-refractivity contribution is 6.74. The second-order valence-corrected chi connectivity index (χ2v) is 38.4. The molecule has 15 heteroatoms. The third-order valence-electron chi connectivity index (χ3n) is 23.0. The number of carbonyl (C=O) groups excluding carboxylic acids is 2. The number of carboxylic acids is 1. The van der Waals surface area contributed by atoms with Gasteiger partial charge in [-0.1, -0.05) is 252 Å². The molecule has 105 heavy (non-hydrogen) atoms. The lowest BCUT2D eigenvalue weighted by molar-refractivity contribution is -0.141. The van der Waals surface area contributed by atoms with Crippen molar-refractivity contribution < 1.29 is 53.8 Å². The van der Waals surface area contributed by atoms with Crippen LogP contribution in [-0.4, -0.2) is 94.3 Å². The molecule has 6 aromatic carbocycles.